The fourth-order valence-corrected chi connectivity index (χ4v) is 5.92. The Labute approximate surface area is 192 Å². The van der Waals surface area contributed by atoms with Gasteiger partial charge in [-0.15, -0.1) is 0 Å². The highest BCUT2D eigenvalue weighted by molar-refractivity contribution is 6.31. The second-order valence-corrected chi connectivity index (χ2v) is 11.1. The number of amidine groups is 1. The number of hydrogen-bond acceptors (Lipinski definition) is 5. The number of halogens is 2. The smallest absolute Gasteiger partial charge is 0.141 e. The Bertz CT molecular complexity index is 613. The SMILES string of the molecule is CC1(C)CC(CCCCN=C2C=C(Cl)NN(Cl)N2)CC(C)(C)N1OC1CCCCC1. The molecule has 0 aromatic rings. The van der Waals surface area contributed by atoms with Gasteiger partial charge < -0.3 is 0 Å². The van der Waals surface area contributed by atoms with Gasteiger partial charge in [0.25, 0.3) is 0 Å². The molecule has 2 N–H and O–H groups in total. The van der Waals surface area contributed by atoms with E-state index in [0.717, 1.165) is 18.9 Å². The zero-order chi connectivity index (χ0) is 21.8. The monoisotopic (exact) mass is 459 g/mol. The maximum atomic E-state index is 6.61. The van der Waals surface area contributed by atoms with Crippen LogP contribution in [0, 0.1) is 5.92 Å². The Hall–Kier alpha value is -0.530. The molecule has 0 amide bonds. The average Bonchev–Trinajstić information content (AvgIpc) is 2.64. The minimum atomic E-state index is 0.0639. The van der Waals surface area contributed by atoms with Gasteiger partial charge in [0.05, 0.1) is 6.10 Å². The van der Waals surface area contributed by atoms with Crippen molar-refractivity contribution < 1.29 is 4.84 Å². The molecule has 0 bridgehead atoms. The van der Waals surface area contributed by atoms with Crippen LogP contribution in [-0.2, 0) is 4.84 Å². The van der Waals surface area contributed by atoms with Crippen molar-refractivity contribution >= 4 is 29.2 Å². The molecular weight excluding hydrogens is 421 g/mol. The second kappa shape index (κ2) is 10.4. The number of nitrogens with zero attached hydrogens (tertiary/aromatic N) is 3. The number of hydrazine groups is 2. The van der Waals surface area contributed by atoms with Crippen LogP contribution in [-0.4, -0.2) is 39.3 Å². The quantitative estimate of drug-likeness (QED) is 0.292. The van der Waals surface area contributed by atoms with Crippen LogP contribution >= 0.6 is 23.4 Å². The molecule has 0 radical (unpaired) electrons. The third-order valence-corrected chi connectivity index (χ3v) is 6.83. The molecule has 3 rings (SSSR count). The molecule has 30 heavy (non-hydrogen) atoms. The van der Waals surface area contributed by atoms with Gasteiger partial charge in [-0.1, -0.05) is 43.7 Å². The highest BCUT2D eigenvalue weighted by Crippen LogP contribution is 2.44. The Morgan fingerprint density at radius 1 is 1.07 bits per heavy atom. The van der Waals surface area contributed by atoms with Crippen molar-refractivity contribution in [3.8, 4) is 0 Å². The number of rotatable bonds is 7. The topological polar surface area (TPSA) is 52.1 Å². The van der Waals surface area contributed by atoms with Crippen LogP contribution in [0.25, 0.3) is 0 Å². The normalized spacial score (nSPS) is 27.5. The van der Waals surface area contributed by atoms with Crippen LogP contribution in [0.5, 0.6) is 0 Å². The van der Waals surface area contributed by atoms with E-state index < -0.39 is 0 Å². The van der Waals surface area contributed by atoms with Gasteiger partial charge in [-0.2, -0.15) is 5.06 Å². The number of piperidine rings is 1. The van der Waals surface area contributed by atoms with Crippen molar-refractivity contribution in [3.63, 3.8) is 0 Å². The van der Waals surface area contributed by atoms with Gasteiger partial charge >= 0.3 is 0 Å². The first-order chi connectivity index (χ1) is 14.2. The van der Waals surface area contributed by atoms with E-state index >= 15 is 0 Å². The molecule has 2 heterocycles. The number of aliphatic imine (C=N–C) groups is 1. The highest BCUT2D eigenvalue weighted by atomic mass is 35.5. The Morgan fingerprint density at radius 3 is 2.37 bits per heavy atom. The largest absolute Gasteiger partial charge is 0.295 e. The Morgan fingerprint density at radius 2 is 1.73 bits per heavy atom. The minimum absolute atomic E-state index is 0.0639. The third kappa shape index (κ3) is 6.73. The first kappa shape index (κ1) is 24.1. The molecule has 8 heteroatoms. The van der Waals surface area contributed by atoms with Crippen molar-refractivity contribution in [1.29, 1.82) is 0 Å². The number of hydrogen-bond donors (Lipinski definition) is 2. The summed E-state index contributed by atoms with van der Waals surface area (Å²) in [4.78, 5) is 11.2. The molecule has 0 aromatic heterocycles. The van der Waals surface area contributed by atoms with Crippen molar-refractivity contribution in [2.45, 2.75) is 109 Å². The molecule has 172 valence electrons. The van der Waals surface area contributed by atoms with E-state index in [1.807, 2.05) is 0 Å². The lowest BCUT2D eigenvalue weighted by molar-refractivity contribution is -0.314. The molecule has 1 aliphatic carbocycles. The van der Waals surface area contributed by atoms with Gasteiger partial charge in [-0.3, -0.25) is 20.7 Å². The zero-order valence-electron chi connectivity index (χ0n) is 19.0. The first-order valence-electron chi connectivity index (χ1n) is 11.5. The van der Waals surface area contributed by atoms with Crippen LogP contribution in [0.15, 0.2) is 16.2 Å². The average molecular weight is 460 g/mol. The molecule has 6 nitrogen and oxygen atoms in total. The second-order valence-electron chi connectivity index (χ2n) is 10.3. The van der Waals surface area contributed by atoms with E-state index in [0.29, 0.717) is 17.1 Å². The van der Waals surface area contributed by atoms with Crippen LogP contribution < -0.4 is 10.9 Å². The standard InChI is InChI=1S/C22H39Cl2N5O/c1-21(2)15-17(10-8-9-13-25-20-14-19(23)26-29(24)27-20)16-22(3,4)28(21)30-18-11-6-5-7-12-18/h14,17-18,26H,5-13,15-16H2,1-4H3,(H,25,27). The fourth-order valence-electron chi connectivity index (χ4n) is 5.51. The first-order valence-corrected chi connectivity index (χ1v) is 12.3. The van der Waals surface area contributed by atoms with Crippen LogP contribution in [0.4, 0.5) is 0 Å². The van der Waals surface area contributed by atoms with E-state index in [2.05, 4.69) is 48.6 Å². The van der Waals surface area contributed by atoms with Gasteiger partial charge in [0, 0.05) is 35.5 Å². The van der Waals surface area contributed by atoms with E-state index in [4.69, 9.17) is 28.2 Å². The van der Waals surface area contributed by atoms with Gasteiger partial charge in [0.15, 0.2) is 0 Å². The van der Waals surface area contributed by atoms with Gasteiger partial charge in [-0.25, -0.2) is 0 Å². The van der Waals surface area contributed by atoms with Crippen molar-refractivity contribution in [3.05, 3.63) is 11.2 Å². The lowest BCUT2D eigenvalue weighted by Gasteiger charge is -2.55. The summed E-state index contributed by atoms with van der Waals surface area (Å²) in [6.45, 7) is 10.2. The molecule has 0 atom stereocenters. The summed E-state index contributed by atoms with van der Waals surface area (Å²) in [6.07, 6.45) is 14.4. The molecule has 1 saturated heterocycles. The van der Waals surface area contributed by atoms with Crippen LogP contribution in [0.1, 0.15) is 91.9 Å². The van der Waals surface area contributed by atoms with Crippen molar-refractivity contribution in [1.82, 2.24) is 20.6 Å². The maximum Gasteiger partial charge on any atom is 0.141 e. The van der Waals surface area contributed by atoms with Crippen LogP contribution in [0.2, 0.25) is 0 Å². The number of hydroxylamine groups is 2. The van der Waals surface area contributed by atoms with Gasteiger partial charge in [-0.05, 0) is 70.4 Å². The van der Waals surface area contributed by atoms with Crippen LogP contribution in [0.3, 0.4) is 0 Å². The number of nitrogens with one attached hydrogen (secondary N) is 2. The van der Waals surface area contributed by atoms with E-state index in [1.54, 1.807) is 6.08 Å². The zero-order valence-corrected chi connectivity index (χ0v) is 20.5. The van der Waals surface area contributed by atoms with Gasteiger partial charge in [0.2, 0.25) is 0 Å². The molecule has 0 spiro atoms. The fraction of sp³-hybridized carbons (Fsp3) is 0.864. The lowest BCUT2D eigenvalue weighted by Crippen LogP contribution is -2.61. The molecule has 1 saturated carbocycles. The van der Waals surface area contributed by atoms with Crippen molar-refractivity contribution in [2.75, 3.05) is 6.54 Å². The summed E-state index contributed by atoms with van der Waals surface area (Å²) >= 11 is 11.8. The number of unbranched alkanes of at least 4 members (excludes halogenated alkanes) is 1. The predicted molar refractivity (Wildman–Crippen MR) is 125 cm³/mol. The van der Waals surface area contributed by atoms with E-state index in [-0.39, 0.29) is 11.1 Å². The summed E-state index contributed by atoms with van der Waals surface area (Å²) in [5.74, 6) is 1.41. The maximum absolute atomic E-state index is 6.61. The molecule has 2 fully saturated rings. The lowest BCUT2D eigenvalue weighted by atomic mass is 9.73. The van der Waals surface area contributed by atoms with E-state index in [9.17, 15) is 0 Å². The highest BCUT2D eigenvalue weighted by Gasteiger charge is 2.47. The van der Waals surface area contributed by atoms with Crippen molar-refractivity contribution in [2.24, 2.45) is 10.9 Å². The molecular formula is C22H39Cl2N5O. The van der Waals surface area contributed by atoms with Gasteiger partial charge in [0.1, 0.15) is 11.0 Å². The minimum Gasteiger partial charge on any atom is -0.295 e. The summed E-state index contributed by atoms with van der Waals surface area (Å²) in [7, 11) is 0. The molecule has 2 aliphatic heterocycles. The Kier molecular flexibility index (Phi) is 8.35. The summed E-state index contributed by atoms with van der Waals surface area (Å²) in [5, 5.41) is 2.81. The molecule has 3 aliphatic rings. The molecule has 0 unspecified atom stereocenters. The summed E-state index contributed by atoms with van der Waals surface area (Å²) < 4.78 is 1.19. The summed E-state index contributed by atoms with van der Waals surface area (Å²) in [5.41, 5.74) is 5.75. The predicted octanol–water partition coefficient (Wildman–Crippen LogP) is 5.65. The summed E-state index contributed by atoms with van der Waals surface area (Å²) in [6, 6.07) is 0. The third-order valence-electron chi connectivity index (χ3n) is 6.47. The molecule has 0 aromatic carbocycles. The Balaban J connectivity index is 1.46. The van der Waals surface area contributed by atoms with E-state index in [1.165, 1.54) is 62.4 Å².